The Balaban J connectivity index is 2.35. The predicted octanol–water partition coefficient (Wildman–Crippen LogP) is 2.45. The molecule has 0 saturated heterocycles. The lowest BCUT2D eigenvalue weighted by molar-refractivity contribution is -0.112. The fourth-order valence-corrected chi connectivity index (χ4v) is 2.28. The van der Waals surface area contributed by atoms with Crippen LogP contribution in [0, 0.1) is 0 Å². The van der Waals surface area contributed by atoms with E-state index >= 15 is 0 Å². The van der Waals surface area contributed by atoms with Gasteiger partial charge in [-0.1, -0.05) is 6.92 Å². The minimum Gasteiger partial charge on any atom is -0.369 e. The summed E-state index contributed by atoms with van der Waals surface area (Å²) in [6.07, 6.45) is 1.05. The fourth-order valence-electron chi connectivity index (χ4n) is 2.28. The quantitative estimate of drug-likeness (QED) is 0.830. The topological polar surface area (TPSA) is 49.4 Å². The molecule has 1 aliphatic rings. The van der Waals surface area contributed by atoms with Gasteiger partial charge in [0.2, 0.25) is 0 Å². The average Bonchev–Trinajstić information content (AvgIpc) is 2.65. The van der Waals surface area contributed by atoms with Gasteiger partial charge in [-0.2, -0.15) is 0 Å². The summed E-state index contributed by atoms with van der Waals surface area (Å²) in [6, 6.07) is 5.96. The second-order valence-corrected chi connectivity index (χ2v) is 4.56. The highest BCUT2D eigenvalue weighted by atomic mass is 16.2. The monoisotopic (exact) mass is 246 g/mol. The van der Waals surface area contributed by atoms with Crippen LogP contribution in [0.25, 0.3) is 0 Å². The minimum atomic E-state index is -0.534. The minimum absolute atomic E-state index is 0.431. The van der Waals surface area contributed by atoms with E-state index in [1.807, 2.05) is 12.1 Å². The number of ketones is 1. The van der Waals surface area contributed by atoms with Crippen LogP contribution in [0.1, 0.15) is 37.6 Å². The summed E-state index contributed by atoms with van der Waals surface area (Å²) in [5.41, 5.74) is 2.15. The van der Waals surface area contributed by atoms with Crippen molar-refractivity contribution in [1.29, 1.82) is 0 Å². The summed E-state index contributed by atoms with van der Waals surface area (Å²) in [5, 5.41) is 2.61. The zero-order chi connectivity index (χ0) is 13.3. The van der Waals surface area contributed by atoms with Crippen molar-refractivity contribution >= 4 is 23.1 Å². The Morgan fingerprint density at radius 1 is 1.28 bits per heavy atom. The molecule has 18 heavy (non-hydrogen) atoms. The first-order chi connectivity index (χ1) is 8.58. The number of hydrogen-bond donors (Lipinski definition) is 1. The van der Waals surface area contributed by atoms with E-state index in [1.54, 1.807) is 6.07 Å². The number of fused-ring (bicyclic) bond motifs is 1. The van der Waals surface area contributed by atoms with E-state index in [9.17, 15) is 9.59 Å². The second kappa shape index (κ2) is 4.80. The normalized spacial score (nSPS) is 15.3. The van der Waals surface area contributed by atoms with Crippen LogP contribution in [0.15, 0.2) is 18.2 Å². The molecular formula is C14H18N2O2. The summed E-state index contributed by atoms with van der Waals surface area (Å²) in [5.74, 6) is -0.975. The molecule has 0 bridgehead atoms. The molecule has 2 rings (SSSR count). The molecule has 96 valence electrons. The fraction of sp³-hybridized carbons (Fsp3) is 0.429. The summed E-state index contributed by atoms with van der Waals surface area (Å²) < 4.78 is 0. The lowest BCUT2D eigenvalue weighted by Gasteiger charge is -2.29. The second-order valence-electron chi connectivity index (χ2n) is 4.56. The van der Waals surface area contributed by atoms with Crippen LogP contribution in [-0.2, 0) is 4.79 Å². The van der Waals surface area contributed by atoms with Gasteiger partial charge < -0.3 is 10.2 Å². The van der Waals surface area contributed by atoms with Crippen molar-refractivity contribution < 1.29 is 9.59 Å². The van der Waals surface area contributed by atoms with Gasteiger partial charge >= 0.3 is 0 Å². The van der Waals surface area contributed by atoms with Crippen molar-refractivity contribution in [3.63, 3.8) is 0 Å². The molecule has 1 aromatic carbocycles. The Morgan fingerprint density at radius 3 is 2.61 bits per heavy atom. The number of anilines is 2. The summed E-state index contributed by atoms with van der Waals surface area (Å²) in [4.78, 5) is 25.1. The van der Waals surface area contributed by atoms with E-state index in [0.717, 1.165) is 18.7 Å². The van der Waals surface area contributed by atoms with Gasteiger partial charge in [-0.3, -0.25) is 9.59 Å². The number of rotatable bonds is 4. The zero-order valence-electron chi connectivity index (χ0n) is 11.0. The Kier molecular flexibility index (Phi) is 3.36. The largest absolute Gasteiger partial charge is 0.369 e. The number of carbonyl (C=O) groups is 2. The number of Topliss-reactive ketones (excluding diaryl/α,β-unsaturated/α-hetero) is 1. The first kappa shape index (κ1) is 12.6. The molecule has 1 atom stereocenters. The van der Waals surface area contributed by atoms with E-state index in [4.69, 9.17) is 0 Å². The SMILES string of the molecule is CCC(C)N(CC)c1ccc2c(c1)NC(=O)C2=O. The number of carbonyl (C=O) groups excluding carboxylic acids is 2. The maximum absolute atomic E-state index is 11.5. The van der Waals surface area contributed by atoms with Gasteiger partial charge in [0, 0.05) is 18.3 Å². The summed E-state index contributed by atoms with van der Waals surface area (Å²) >= 11 is 0. The van der Waals surface area contributed by atoms with Crippen molar-refractivity contribution in [2.45, 2.75) is 33.2 Å². The van der Waals surface area contributed by atoms with Crippen molar-refractivity contribution in [3.05, 3.63) is 23.8 Å². The summed E-state index contributed by atoms with van der Waals surface area (Å²) in [6.45, 7) is 7.31. The van der Waals surface area contributed by atoms with Gasteiger partial charge in [-0.25, -0.2) is 0 Å². The van der Waals surface area contributed by atoms with Gasteiger partial charge in [-0.05, 0) is 38.5 Å². The van der Waals surface area contributed by atoms with Crippen LogP contribution < -0.4 is 10.2 Å². The van der Waals surface area contributed by atoms with Crippen molar-refractivity contribution in [1.82, 2.24) is 0 Å². The molecular weight excluding hydrogens is 228 g/mol. The third-order valence-electron chi connectivity index (χ3n) is 3.50. The molecule has 4 nitrogen and oxygen atoms in total. The first-order valence-corrected chi connectivity index (χ1v) is 6.34. The Labute approximate surface area is 107 Å². The van der Waals surface area contributed by atoms with Crippen LogP contribution in [0.2, 0.25) is 0 Å². The smallest absolute Gasteiger partial charge is 0.296 e. The third kappa shape index (κ3) is 1.98. The first-order valence-electron chi connectivity index (χ1n) is 6.34. The van der Waals surface area contributed by atoms with Gasteiger partial charge in [0.25, 0.3) is 11.7 Å². The molecule has 0 aromatic heterocycles. The number of nitrogens with one attached hydrogen (secondary N) is 1. The zero-order valence-corrected chi connectivity index (χ0v) is 11.0. The molecule has 1 aliphatic heterocycles. The maximum atomic E-state index is 11.5. The van der Waals surface area contributed by atoms with Gasteiger partial charge in [0.1, 0.15) is 0 Å². The van der Waals surface area contributed by atoms with E-state index in [-0.39, 0.29) is 0 Å². The average molecular weight is 246 g/mol. The van der Waals surface area contributed by atoms with Crippen LogP contribution in [0.5, 0.6) is 0 Å². The van der Waals surface area contributed by atoms with Gasteiger partial charge in [0.15, 0.2) is 0 Å². The standard InChI is InChI=1S/C14H18N2O2/c1-4-9(3)16(5-2)10-6-7-11-12(8-10)15-14(18)13(11)17/h6-9H,4-5H2,1-3H3,(H,15,17,18). The highest BCUT2D eigenvalue weighted by Gasteiger charge is 2.28. The third-order valence-corrected chi connectivity index (χ3v) is 3.50. The van der Waals surface area contributed by atoms with Gasteiger partial charge in [-0.15, -0.1) is 0 Å². The van der Waals surface area contributed by atoms with E-state index in [1.165, 1.54) is 0 Å². The highest BCUT2D eigenvalue weighted by Crippen LogP contribution is 2.29. The molecule has 1 heterocycles. The van der Waals surface area contributed by atoms with E-state index in [2.05, 4.69) is 31.0 Å². The molecule has 0 radical (unpaired) electrons. The lowest BCUT2D eigenvalue weighted by atomic mass is 10.1. The van der Waals surface area contributed by atoms with E-state index in [0.29, 0.717) is 17.3 Å². The van der Waals surface area contributed by atoms with Crippen LogP contribution in [0.4, 0.5) is 11.4 Å². The Hall–Kier alpha value is -1.84. The molecule has 1 unspecified atom stereocenters. The molecule has 1 aromatic rings. The number of nitrogens with zero attached hydrogens (tertiary/aromatic N) is 1. The van der Waals surface area contributed by atoms with Crippen molar-refractivity contribution in [3.8, 4) is 0 Å². The van der Waals surface area contributed by atoms with Crippen LogP contribution in [0.3, 0.4) is 0 Å². The molecule has 0 spiro atoms. The van der Waals surface area contributed by atoms with Crippen LogP contribution >= 0.6 is 0 Å². The molecule has 0 aliphatic carbocycles. The summed E-state index contributed by atoms with van der Waals surface area (Å²) in [7, 11) is 0. The Bertz CT molecular complexity index is 497. The maximum Gasteiger partial charge on any atom is 0.296 e. The number of benzene rings is 1. The molecule has 1 N–H and O–H groups in total. The Morgan fingerprint density at radius 2 is 2.00 bits per heavy atom. The van der Waals surface area contributed by atoms with Crippen LogP contribution in [-0.4, -0.2) is 24.3 Å². The van der Waals surface area contributed by atoms with E-state index < -0.39 is 11.7 Å². The molecule has 0 fully saturated rings. The lowest BCUT2D eigenvalue weighted by Crippen LogP contribution is -2.32. The van der Waals surface area contributed by atoms with Crippen molar-refractivity contribution in [2.24, 2.45) is 0 Å². The van der Waals surface area contributed by atoms with Gasteiger partial charge in [0.05, 0.1) is 11.3 Å². The molecule has 4 heteroatoms. The highest BCUT2D eigenvalue weighted by molar-refractivity contribution is 6.51. The molecule has 0 saturated carbocycles. The van der Waals surface area contributed by atoms with Crippen molar-refractivity contribution in [2.75, 3.05) is 16.8 Å². The predicted molar refractivity (Wildman–Crippen MR) is 72.2 cm³/mol. The number of amides is 1. The molecule has 1 amide bonds. The number of hydrogen-bond acceptors (Lipinski definition) is 3.